The molecule has 2 aromatic carbocycles. The van der Waals surface area contributed by atoms with Crippen molar-refractivity contribution in [1.82, 2.24) is 10.2 Å². The molecule has 2 N–H and O–H groups in total. The smallest absolute Gasteiger partial charge is 0.234 e. The highest BCUT2D eigenvalue weighted by Gasteiger charge is 2.10. The van der Waals surface area contributed by atoms with Crippen LogP contribution in [-0.4, -0.2) is 34.7 Å². The van der Waals surface area contributed by atoms with Crippen molar-refractivity contribution >= 4 is 57.3 Å². The third kappa shape index (κ3) is 6.52. The molecular formula is C20H20N4O2S3. The quantitative estimate of drug-likeness (QED) is 0.325. The van der Waals surface area contributed by atoms with Crippen molar-refractivity contribution in [2.24, 2.45) is 0 Å². The fourth-order valence-corrected chi connectivity index (χ4v) is 4.59. The number of carbonyl (C=O) groups excluding carboxylic acids is 1. The van der Waals surface area contributed by atoms with E-state index in [1.54, 1.807) is 18.9 Å². The summed E-state index contributed by atoms with van der Waals surface area (Å²) < 4.78 is 5.87. The van der Waals surface area contributed by atoms with Crippen LogP contribution in [0.5, 0.6) is 5.75 Å². The molecule has 0 bridgehead atoms. The minimum absolute atomic E-state index is 0.0819. The lowest BCUT2D eigenvalue weighted by atomic mass is 10.3. The van der Waals surface area contributed by atoms with E-state index in [0.29, 0.717) is 5.13 Å². The van der Waals surface area contributed by atoms with E-state index >= 15 is 0 Å². The molecule has 0 atom stereocenters. The predicted molar refractivity (Wildman–Crippen MR) is 123 cm³/mol. The minimum atomic E-state index is -0.0819. The largest absolute Gasteiger partial charge is 0.497 e. The lowest BCUT2D eigenvalue weighted by Crippen LogP contribution is -2.14. The van der Waals surface area contributed by atoms with Crippen LogP contribution in [0.1, 0.15) is 0 Å². The Kier molecular flexibility index (Phi) is 7.97. The Morgan fingerprint density at radius 1 is 1.17 bits per heavy atom. The zero-order valence-corrected chi connectivity index (χ0v) is 18.2. The summed E-state index contributed by atoms with van der Waals surface area (Å²) in [5, 5.41) is 15.1. The monoisotopic (exact) mass is 444 g/mol. The zero-order chi connectivity index (χ0) is 20.5. The van der Waals surface area contributed by atoms with Gasteiger partial charge in [-0.3, -0.25) is 4.79 Å². The Bertz CT molecular complexity index is 960. The van der Waals surface area contributed by atoms with Gasteiger partial charge in [0.1, 0.15) is 5.75 Å². The molecule has 0 aliphatic carbocycles. The van der Waals surface area contributed by atoms with E-state index in [-0.39, 0.29) is 11.7 Å². The molecule has 0 aliphatic rings. The molecule has 0 aliphatic heterocycles. The van der Waals surface area contributed by atoms with Crippen molar-refractivity contribution < 1.29 is 9.53 Å². The number of ether oxygens (including phenoxy) is 1. The molecule has 0 spiro atoms. The maximum atomic E-state index is 12.3. The van der Waals surface area contributed by atoms with Crippen LogP contribution in [-0.2, 0) is 4.79 Å². The Morgan fingerprint density at radius 2 is 1.97 bits per heavy atom. The van der Waals surface area contributed by atoms with E-state index in [0.717, 1.165) is 32.1 Å². The fourth-order valence-electron chi connectivity index (χ4n) is 2.27. The molecule has 3 aromatic rings. The highest BCUT2D eigenvalue weighted by molar-refractivity contribution is 8.01. The third-order valence-electron chi connectivity index (χ3n) is 3.59. The molecule has 0 saturated carbocycles. The molecule has 0 unspecified atom stereocenters. The highest BCUT2D eigenvalue weighted by Crippen LogP contribution is 2.30. The summed E-state index contributed by atoms with van der Waals surface area (Å²) in [6.07, 6.45) is 1.84. The van der Waals surface area contributed by atoms with Crippen LogP contribution in [0.25, 0.3) is 0 Å². The van der Waals surface area contributed by atoms with Crippen molar-refractivity contribution in [2.75, 3.05) is 29.2 Å². The minimum Gasteiger partial charge on any atom is -0.497 e. The summed E-state index contributed by atoms with van der Waals surface area (Å²) in [5.74, 6) is 1.76. The number of thioether (sulfide) groups is 2. The maximum Gasteiger partial charge on any atom is 0.234 e. The summed E-state index contributed by atoms with van der Waals surface area (Å²) in [7, 11) is 1.63. The Morgan fingerprint density at radius 3 is 2.72 bits per heavy atom. The molecule has 150 valence electrons. The summed E-state index contributed by atoms with van der Waals surface area (Å²) in [4.78, 5) is 13.4. The first-order chi connectivity index (χ1) is 14.2. The van der Waals surface area contributed by atoms with E-state index < -0.39 is 0 Å². The number of amides is 1. The van der Waals surface area contributed by atoms with Crippen LogP contribution in [0.15, 0.2) is 70.4 Å². The van der Waals surface area contributed by atoms with Gasteiger partial charge in [-0.05, 0) is 36.4 Å². The number of rotatable bonds is 10. The molecule has 0 radical (unpaired) electrons. The second kappa shape index (κ2) is 10.9. The summed E-state index contributed by atoms with van der Waals surface area (Å²) in [5.41, 5.74) is 1.70. The summed E-state index contributed by atoms with van der Waals surface area (Å²) in [6.45, 7) is 3.73. The van der Waals surface area contributed by atoms with Gasteiger partial charge in [-0.25, -0.2) is 0 Å². The molecule has 0 fully saturated rings. The normalized spacial score (nSPS) is 10.4. The molecule has 29 heavy (non-hydrogen) atoms. The lowest BCUT2D eigenvalue weighted by Gasteiger charge is -2.09. The van der Waals surface area contributed by atoms with E-state index in [2.05, 4.69) is 27.4 Å². The molecular weight excluding hydrogens is 424 g/mol. The summed E-state index contributed by atoms with van der Waals surface area (Å²) >= 11 is 4.40. The maximum absolute atomic E-state index is 12.3. The number of methoxy groups -OCH3 is 1. The molecule has 1 aromatic heterocycles. The zero-order valence-electron chi connectivity index (χ0n) is 15.8. The first kappa shape index (κ1) is 21.2. The average molecular weight is 445 g/mol. The van der Waals surface area contributed by atoms with Crippen molar-refractivity contribution in [3.8, 4) is 5.75 Å². The Hall–Kier alpha value is -2.49. The number of nitrogens with zero attached hydrogens (tertiary/aromatic N) is 2. The van der Waals surface area contributed by atoms with Gasteiger partial charge in [0.2, 0.25) is 11.0 Å². The number of carbonyl (C=O) groups is 1. The highest BCUT2D eigenvalue weighted by atomic mass is 32.2. The van der Waals surface area contributed by atoms with Gasteiger partial charge in [0.15, 0.2) is 4.34 Å². The molecule has 6 nitrogen and oxygen atoms in total. The van der Waals surface area contributed by atoms with Crippen LogP contribution in [0.4, 0.5) is 16.5 Å². The lowest BCUT2D eigenvalue weighted by molar-refractivity contribution is -0.113. The first-order valence-corrected chi connectivity index (χ1v) is 11.5. The van der Waals surface area contributed by atoms with E-state index in [9.17, 15) is 4.79 Å². The van der Waals surface area contributed by atoms with Crippen LogP contribution >= 0.6 is 34.9 Å². The van der Waals surface area contributed by atoms with Crippen molar-refractivity contribution in [1.29, 1.82) is 0 Å². The summed E-state index contributed by atoms with van der Waals surface area (Å²) in [6, 6.07) is 15.3. The standard InChI is InChI=1S/C20H20N4O2S3/c1-3-12-27-17-7-5-4-6-16(17)22-18(25)13-28-20-24-23-19(29-20)21-14-8-10-15(26-2)11-9-14/h3-11H,1,12-13H2,2H3,(H,21,23)(H,22,25). The fraction of sp³-hybridized carbons (Fsp3) is 0.150. The van der Waals surface area contributed by atoms with Gasteiger partial charge >= 0.3 is 0 Å². The van der Waals surface area contributed by atoms with Gasteiger partial charge in [0.05, 0.1) is 18.6 Å². The molecule has 1 amide bonds. The third-order valence-corrected chi connectivity index (χ3v) is 6.63. The Balaban J connectivity index is 1.51. The van der Waals surface area contributed by atoms with E-state index in [1.807, 2.05) is 54.6 Å². The average Bonchev–Trinajstić information content (AvgIpc) is 3.19. The second-order valence-electron chi connectivity index (χ2n) is 5.66. The number of anilines is 3. The van der Waals surface area contributed by atoms with E-state index in [4.69, 9.17) is 4.74 Å². The number of aromatic nitrogens is 2. The number of hydrogen-bond acceptors (Lipinski definition) is 8. The van der Waals surface area contributed by atoms with Crippen LogP contribution < -0.4 is 15.4 Å². The SMILES string of the molecule is C=CCSc1ccccc1NC(=O)CSc1nnc(Nc2ccc(OC)cc2)s1. The molecule has 1 heterocycles. The topological polar surface area (TPSA) is 76.1 Å². The van der Waals surface area contributed by atoms with E-state index in [1.165, 1.54) is 23.1 Å². The first-order valence-electron chi connectivity index (χ1n) is 8.68. The number of nitrogens with one attached hydrogen (secondary N) is 2. The van der Waals surface area contributed by atoms with Crippen LogP contribution in [0.3, 0.4) is 0 Å². The van der Waals surface area contributed by atoms with Gasteiger partial charge < -0.3 is 15.4 Å². The molecule has 9 heteroatoms. The van der Waals surface area contributed by atoms with Crippen molar-refractivity contribution in [2.45, 2.75) is 9.24 Å². The van der Waals surface area contributed by atoms with Gasteiger partial charge in [-0.2, -0.15) is 0 Å². The van der Waals surface area contributed by atoms with Gasteiger partial charge in [0.25, 0.3) is 0 Å². The van der Waals surface area contributed by atoms with Crippen molar-refractivity contribution in [3.05, 3.63) is 61.2 Å². The van der Waals surface area contributed by atoms with Gasteiger partial charge in [0, 0.05) is 16.3 Å². The van der Waals surface area contributed by atoms with Gasteiger partial charge in [-0.1, -0.05) is 41.3 Å². The molecule has 3 rings (SSSR count). The number of hydrogen-bond donors (Lipinski definition) is 2. The predicted octanol–water partition coefficient (Wildman–Crippen LogP) is 5.30. The molecule has 0 saturated heterocycles. The Labute approximate surface area is 182 Å². The second-order valence-corrected chi connectivity index (χ2v) is 8.92. The number of benzene rings is 2. The van der Waals surface area contributed by atoms with Gasteiger partial charge in [-0.15, -0.1) is 28.5 Å². The van der Waals surface area contributed by atoms with Crippen LogP contribution in [0.2, 0.25) is 0 Å². The number of para-hydroxylation sites is 1. The van der Waals surface area contributed by atoms with Crippen molar-refractivity contribution in [3.63, 3.8) is 0 Å². The van der Waals surface area contributed by atoms with Crippen LogP contribution in [0, 0.1) is 0 Å².